The first-order valence-electron chi connectivity index (χ1n) is 6.18. The fourth-order valence-electron chi connectivity index (χ4n) is 2.29. The lowest BCUT2D eigenvalue weighted by Crippen LogP contribution is -2.86. The zero-order valence-electron chi connectivity index (χ0n) is 10.5. The topological polar surface area (TPSA) is 42.9 Å². The average molecular weight is 293 g/mol. The number of carbonyl (C=O) groups is 1. The zero-order chi connectivity index (χ0) is 12.2. The maximum Gasteiger partial charge on any atom is 0.319 e. The Hall–Kier alpha value is -0.0900. The summed E-state index contributed by atoms with van der Waals surface area (Å²) in [7, 11) is 0. The monoisotopic (exact) mass is 292 g/mol. The van der Waals surface area contributed by atoms with Crippen molar-refractivity contribution in [3.8, 4) is 0 Å². The Morgan fingerprint density at radius 2 is 2.12 bits per heavy atom. The lowest BCUT2D eigenvalue weighted by Gasteiger charge is -2.38. The molecule has 1 aliphatic heterocycles. The molecular formula is C12H23BrNO2+. The number of esters is 1. The summed E-state index contributed by atoms with van der Waals surface area (Å²) in [6, 6.07) is 0. The van der Waals surface area contributed by atoms with Gasteiger partial charge in [-0.05, 0) is 20.3 Å². The smallest absolute Gasteiger partial charge is 0.319 e. The van der Waals surface area contributed by atoms with Gasteiger partial charge in [-0.25, -0.2) is 0 Å². The number of halogens is 1. The molecule has 2 unspecified atom stereocenters. The number of alkyl halides is 1. The molecule has 94 valence electrons. The van der Waals surface area contributed by atoms with Crippen molar-refractivity contribution in [1.82, 2.24) is 0 Å². The Morgan fingerprint density at radius 3 is 2.56 bits per heavy atom. The van der Waals surface area contributed by atoms with E-state index in [1.807, 2.05) is 6.92 Å². The second kappa shape index (κ2) is 6.01. The molecule has 1 heterocycles. The van der Waals surface area contributed by atoms with Gasteiger partial charge in [-0.15, -0.1) is 0 Å². The molecule has 16 heavy (non-hydrogen) atoms. The van der Waals surface area contributed by atoms with Gasteiger partial charge in [0, 0.05) is 18.8 Å². The highest BCUT2D eigenvalue weighted by atomic mass is 79.9. The first-order valence-corrected chi connectivity index (χ1v) is 7.09. The molecule has 1 rings (SSSR count). The van der Waals surface area contributed by atoms with E-state index in [1.54, 1.807) is 0 Å². The molecule has 2 atom stereocenters. The molecule has 0 aromatic heterocycles. The molecule has 2 N–H and O–H groups in total. The molecule has 3 nitrogen and oxygen atoms in total. The molecule has 0 bridgehead atoms. The number of ether oxygens (including phenoxy) is 1. The summed E-state index contributed by atoms with van der Waals surface area (Å²) in [5.41, 5.74) is -0.284. The predicted molar refractivity (Wildman–Crippen MR) is 67.6 cm³/mol. The first kappa shape index (κ1) is 14.0. The van der Waals surface area contributed by atoms with Crippen LogP contribution in [0.15, 0.2) is 0 Å². The number of rotatable bonds is 4. The maximum absolute atomic E-state index is 11.7. The average Bonchev–Trinajstić information content (AvgIpc) is 2.29. The third kappa shape index (κ3) is 3.45. The van der Waals surface area contributed by atoms with E-state index >= 15 is 0 Å². The Kier molecular flexibility index (Phi) is 5.25. The fourth-order valence-corrected chi connectivity index (χ4v) is 2.39. The van der Waals surface area contributed by atoms with E-state index in [2.05, 4.69) is 35.1 Å². The zero-order valence-corrected chi connectivity index (χ0v) is 12.0. The molecule has 0 amide bonds. The van der Waals surface area contributed by atoms with Crippen LogP contribution in [-0.2, 0) is 9.53 Å². The van der Waals surface area contributed by atoms with Crippen molar-refractivity contribution in [3.63, 3.8) is 0 Å². The molecule has 0 spiro atoms. The maximum atomic E-state index is 11.7. The van der Waals surface area contributed by atoms with Gasteiger partial charge in [0.25, 0.3) is 0 Å². The third-order valence-corrected chi connectivity index (χ3v) is 4.04. The van der Waals surface area contributed by atoms with Crippen LogP contribution in [0, 0.1) is 5.92 Å². The van der Waals surface area contributed by atoms with Crippen molar-refractivity contribution in [2.75, 3.05) is 13.1 Å². The summed E-state index contributed by atoms with van der Waals surface area (Å²) in [5.74, 6) is 0.372. The van der Waals surface area contributed by atoms with Crippen LogP contribution in [0.3, 0.4) is 0 Å². The molecule has 1 aliphatic rings. The van der Waals surface area contributed by atoms with Crippen molar-refractivity contribution < 1.29 is 14.8 Å². The van der Waals surface area contributed by atoms with Gasteiger partial charge in [0.15, 0.2) is 0 Å². The lowest BCUT2D eigenvalue weighted by molar-refractivity contribution is -0.666. The Balaban J connectivity index is 2.64. The summed E-state index contributed by atoms with van der Waals surface area (Å²) in [6.45, 7) is 8.30. The van der Waals surface area contributed by atoms with Gasteiger partial charge >= 0.3 is 5.97 Å². The molecule has 1 saturated heterocycles. The van der Waals surface area contributed by atoms with E-state index in [4.69, 9.17) is 4.74 Å². The third-order valence-electron chi connectivity index (χ3n) is 3.66. The van der Waals surface area contributed by atoms with Gasteiger partial charge < -0.3 is 10.1 Å². The van der Waals surface area contributed by atoms with Crippen molar-refractivity contribution in [2.24, 2.45) is 5.92 Å². The second-order valence-electron chi connectivity index (χ2n) is 4.84. The molecule has 0 aromatic carbocycles. The molecule has 1 fully saturated rings. The standard InChI is InChI=1S/C12H22BrNO2/c1-4-12(3,16-11(15)9(2)13)10-5-7-14-8-6-10/h9-10,14H,4-8H2,1-3H3/p+1. The van der Waals surface area contributed by atoms with Crippen LogP contribution < -0.4 is 5.32 Å². The van der Waals surface area contributed by atoms with Gasteiger partial charge in [-0.2, -0.15) is 0 Å². The molecule has 4 heteroatoms. The number of piperidine rings is 1. The van der Waals surface area contributed by atoms with E-state index in [9.17, 15) is 4.79 Å². The number of hydrogen-bond acceptors (Lipinski definition) is 2. The molecular weight excluding hydrogens is 270 g/mol. The van der Waals surface area contributed by atoms with Gasteiger partial charge in [-0.1, -0.05) is 22.9 Å². The van der Waals surface area contributed by atoms with E-state index in [0.29, 0.717) is 5.92 Å². The Bertz CT molecular complexity index is 239. The van der Waals surface area contributed by atoms with Crippen molar-refractivity contribution in [1.29, 1.82) is 0 Å². The van der Waals surface area contributed by atoms with Crippen LogP contribution in [-0.4, -0.2) is 29.5 Å². The number of hydrogen-bond donors (Lipinski definition) is 1. The molecule has 0 aliphatic carbocycles. The van der Waals surface area contributed by atoms with Crippen LogP contribution in [0.5, 0.6) is 0 Å². The highest BCUT2D eigenvalue weighted by Gasteiger charge is 2.38. The number of quaternary nitrogens is 1. The second-order valence-corrected chi connectivity index (χ2v) is 6.22. The van der Waals surface area contributed by atoms with Crippen LogP contribution in [0.2, 0.25) is 0 Å². The van der Waals surface area contributed by atoms with Gasteiger partial charge in [0.1, 0.15) is 10.4 Å². The fraction of sp³-hybridized carbons (Fsp3) is 0.917. The van der Waals surface area contributed by atoms with Crippen LogP contribution in [0.25, 0.3) is 0 Å². The SMILES string of the molecule is CCC(C)(OC(=O)C(C)Br)C1CC[NH2+]CC1. The minimum Gasteiger partial charge on any atom is -0.458 e. The summed E-state index contributed by atoms with van der Waals surface area (Å²) >= 11 is 3.26. The van der Waals surface area contributed by atoms with Gasteiger partial charge in [0.2, 0.25) is 0 Å². The van der Waals surface area contributed by atoms with Gasteiger partial charge in [0.05, 0.1) is 13.1 Å². The minimum atomic E-state index is -0.284. The van der Waals surface area contributed by atoms with E-state index < -0.39 is 0 Å². The van der Waals surface area contributed by atoms with Crippen LogP contribution in [0.1, 0.15) is 40.0 Å². The highest BCUT2D eigenvalue weighted by molar-refractivity contribution is 9.10. The van der Waals surface area contributed by atoms with Crippen LogP contribution >= 0.6 is 15.9 Å². The molecule has 0 saturated carbocycles. The molecule has 0 radical (unpaired) electrons. The first-order chi connectivity index (χ1) is 7.49. The normalized spacial score (nSPS) is 23.5. The summed E-state index contributed by atoms with van der Waals surface area (Å²) in [5, 5.41) is 2.33. The predicted octanol–water partition coefficient (Wildman–Crippen LogP) is 1.46. The summed E-state index contributed by atoms with van der Waals surface area (Å²) in [6.07, 6.45) is 3.19. The van der Waals surface area contributed by atoms with Gasteiger partial charge in [-0.3, -0.25) is 4.79 Å². The summed E-state index contributed by atoms with van der Waals surface area (Å²) in [4.78, 5) is 11.5. The largest absolute Gasteiger partial charge is 0.458 e. The van der Waals surface area contributed by atoms with Crippen molar-refractivity contribution in [2.45, 2.75) is 50.5 Å². The summed E-state index contributed by atoms with van der Waals surface area (Å²) < 4.78 is 5.69. The van der Waals surface area contributed by atoms with E-state index in [1.165, 1.54) is 0 Å². The lowest BCUT2D eigenvalue weighted by atomic mass is 9.80. The highest BCUT2D eigenvalue weighted by Crippen LogP contribution is 2.32. The quantitative estimate of drug-likeness (QED) is 0.630. The Labute approximate surface area is 106 Å². The van der Waals surface area contributed by atoms with Crippen LogP contribution in [0.4, 0.5) is 0 Å². The van der Waals surface area contributed by atoms with E-state index in [0.717, 1.165) is 32.4 Å². The Morgan fingerprint density at radius 1 is 1.56 bits per heavy atom. The van der Waals surface area contributed by atoms with Crippen molar-refractivity contribution in [3.05, 3.63) is 0 Å². The minimum absolute atomic E-state index is 0.140. The van der Waals surface area contributed by atoms with Crippen molar-refractivity contribution >= 4 is 21.9 Å². The number of nitrogens with two attached hydrogens (primary N) is 1. The van der Waals surface area contributed by atoms with E-state index in [-0.39, 0.29) is 16.4 Å². The number of carbonyl (C=O) groups excluding carboxylic acids is 1. The molecule has 0 aromatic rings.